The molecule has 0 bridgehead atoms. The van der Waals surface area contributed by atoms with E-state index >= 15 is 0 Å². The van der Waals surface area contributed by atoms with Crippen molar-refractivity contribution < 1.29 is 9.50 Å². The second kappa shape index (κ2) is 4.30. The Balaban J connectivity index is 2.60. The molecule has 1 N–H and O–H groups in total. The molecule has 17 heavy (non-hydrogen) atoms. The Morgan fingerprint density at radius 2 is 2.12 bits per heavy atom. The molecule has 0 spiro atoms. The van der Waals surface area contributed by atoms with Gasteiger partial charge in [-0.15, -0.1) is 0 Å². The van der Waals surface area contributed by atoms with E-state index in [0.717, 1.165) is 0 Å². The van der Waals surface area contributed by atoms with Gasteiger partial charge in [0, 0.05) is 25.0 Å². The minimum absolute atomic E-state index is 0.261. The Hall–Kier alpha value is -1.68. The van der Waals surface area contributed by atoms with E-state index in [2.05, 4.69) is 4.98 Å². The smallest absolute Gasteiger partial charge is 0.150 e. The molecule has 0 saturated carbocycles. The number of benzene rings is 1. The average molecular weight is 234 g/mol. The number of nitrogens with zero attached hydrogens (tertiary/aromatic N) is 2. The van der Waals surface area contributed by atoms with Crippen molar-refractivity contribution >= 4 is 0 Å². The highest BCUT2D eigenvalue weighted by atomic mass is 19.1. The van der Waals surface area contributed by atoms with E-state index in [1.807, 2.05) is 0 Å². The number of aromatic nitrogens is 2. The summed E-state index contributed by atoms with van der Waals surface area (Å²) in [5.74, 6) is 0.0324. The zero-order chi connectivity index (χ0) is 12.5. The first kappa shape index (κ1) is 11.8. The lowest BCUT2D eigenvalue weighted by Crippen LogP contribution is -2.31. The summed E-state index contributed by atoms with van der Waals surface area (Å²) in [4.78, 5) is 4.12. The Kier molecular flexibility index (Phi) is 2.98. The van der Waals surface area contributed by atoms with Crippen LogP contribution in [0.4, 0.5) is 4.39 Å². The first-order chi connectivity index (χ1) is 8.09. The molecule has 1 heterocycles. The SMILES string of the molecule is CCC(O)(c1ccccc1F)c1nccn1C. The fourth-order valence-electron chi connectivity index (χ4n) is 2.03. The van der Waals surface area contributed by atoms with Gasteiger partial charge >= 0.3 is 0 Å². The van der Waals surface area contributed by atoms with Crippen LogP contribution >= 0.6 is 0 Å². The summed E-state index contributed by atoms with van der Waals surface area (Å²) in [6.07, 6.45) is 3.69. The second-order valence-electron chi connectivity index (χ2n) is 4.06. The van der Waals surface area contributed by atoms with Gasteiger partial charge in [0.05, 0.1) is 0 Å². The molecule has 2 rings (SSSR count). The van der Waals surface area contributed by atoms with Crippen LogP contribution in [0.1, 0.15) is 24.7 Å². The van der Waals surface area contributed by atoms with Gasteiger partial charge < -0.3 is 9.67 Å². The fourth-order valence-corrected chi connectivity index (χ4v) is 2.03. The Bertz CT molecular complexity index is 524. The first-order valence-corrected chi connectivity index (χ1v) is 5.54. The maximum atomic E-state index is 13.8. The molecule has 1 atom stereocenters. The van der Waals surface area contributed by atoms with E-state index < -0.39 is 11.4 Å². The van der Waals surface area contributed by atoms with Crippen LogP contribution in [0.25, 0.3) is 0 Å². The van der Waals surface area contributed by atoms with E-state index in [-0.39, 0.29) is 5.56 Å². The summed E-state index contributed by atoms with van der Waals surface area (Å²) < 4.78 is 15.5. The molecular weight excluding hydrogens is 219 g/mol. The van der Waals surface area contributed by atoms with Crippen LogP contribution in [-0.2, 0) is 12.6 Å². The highest BCUT2D eigenvalue weighted by Gasteiger charge is 2.35. The Morgan fingerprint density at radius 3 is 2.65 bits per heavy atom. The minimum atomic E-state index is -1.39. The van der Waals surface area contributed by atoms with Gasteiger partial charge in [0.15, 0.2) is 0 Å². The summed E-state index contributed by atoms with van der Waals surface area (Å²) >= 11 is 0. The summed E-state index contributed by atoms with van der Waals surface area (Å²) in [6.45, 7) is 1.81. The normalized spacial score (nSPS) is 14.6. The van der Waals surface area contributed by atoms with Crippen LogP contribution in [-0.4, -0.2) is 14.7 Å². The summed E-state index contributed by atoms with van der Waals surface area (Å²) in [6, 6.07) is 6.25. The standard InChI is InChI=1S/C13H15FN2O/c1-3-13(17,12-15-8-9-16(12)2)10-6-4-5-7-11(10)14/h4-9,17H,3H2,1-2H3. The second-order valence-corrected chi connectivity index (χ2v) is 4.06. The molecule has 0 radical (unpaired) electrons. The predicted octanol–water partition coefficient (Wildman–Crippen LogP) is 2.21. The zero-order valence-electron chi connectivity index (χ0n) is 9.89. The maximum Gasteiger partial charge on any atom is 0.150 e. The lowest BCUT2D eigenvalue weighted by Gasteiger charge is -2.27. The number of halogens is 1. The van der Waals surface area contributed by atoms with Crippen LogP contribution in [0.15, 0.2) is 36.7 Å². The van der Waals surface area contributed by atoms with Crippen LogP contribution in [0, 0.1) is 5.82 Å². The minimum Gasteiger partial charge on any atom is -0.377 e. The van der Waals surface area contributed by atoms with Crippen LogP contribution in [0.5, 0.6) is 0 Å². The number of aliphatic hydroxyl groups is 1. The van der Waals surface area contributed by atoms with Gasteiger partial charge in [-0.3, -0.25) is 0 Å². The Morgan fingerprint density at radius 1 is 1.41 bits per heavy atom. The van der Waals surface area contributed by atoms with Crippen molar-refractivity contribution in [1.82, 2.24) is 9.55 Å². The van der Waals surface area contributed by atoms with Gasteiger partial charge in [0.1, 0.15) is 17.2 Å². The molecule has 1 unspecified atom stereocenters. The lowest BCUT2D eigenvalue weighted by molar-refractivity contribution is 0.0603. The van der Waals surface area contributed by atoms with Crippen LogP contribution < -0.4 is 0 Å². The quantitative estimate of drug-likeness (QED) is 0.884. The topological polar surface area (TPSA) is 38.1 Å². The van der Waals surface area contributed by atoms with Gasteiger partial charge in [-0.1, -0.05) is 25.1 Å². The highest BCUT2D eigenvalue weighted by molar-refractivity contribution is 5.30. The molecule has 1 aromatic heterocycles. The van der Waals surface area contributed by atoms with E-state index in [1.165, 1.54) is 6.07 Å². The third-order valence-corrected chi connectivity index (χ3v) is 3.02. The van der Waals surface area contributed by atoms with E-state index in [4.69, 9.17) is 0 Å². The van der Waals surface area contributed by atoms with Crippen molar-refractivity contribution in [2.75, 3.05) is 0 Å². The van der Waals surface area contributed by atoms with Crippen molar-refractivity contribution in [3.8, 4) is 0 Å². The first-order valence-electron chi connectivity index (χ1n) is 5.54. The third kappa shape index (κ3) is 1.85. The van der Waals surface area contributed by atoms with Gasteiger partial charge in [0.2, 0.25) is 0 Å². The molecule has 0 aliphatic heterocycles. The van der Waals surface area contributed by atoms with E-state index in [1.54, 1.807) is 49.1 Å². The van der Waals surface area contributed by atoms with E-state index in [9.17, 15) is 9.50 Å². The molecule has 0 saturated heterocycles. The van der Waals surface area contributed by atoms with Gasteiger partial charge in [-0.2, -0.15) is 0 Å². The molecule has 3 nitrogen and oxygen atoms in total. The van der Waals surface area contributed by atoms with Crippen molar-refractivity contribution in [3.63, 3.8) is 0 Å². The lowest BCUT2D eigenvalue weighted by atomic mass is 9.89. The predicted molar refractivity (Wildman–Crippen MR) is 62.9 cm³/mol. The molecule has 2 aromatic rings. The number of rotatable bonds is 3. The van der Waals surface area contributed by atoms with Gasteiger partial charge in [0.25, 0.3) is 0 Å². The molecule has 0 amide bonds. The van der Waals surface area contributed by atoms with Crippen molar-refractivity contribution in [3.05, 3.63) is 53.9 Å². The molecule has 4 heteroatoms. The number of aryl methyl sites for hydroxylation is 1. The monoisotopic (exact) mass is 234 g/mol. The Labute approximate surface area is 99.5 Å². The maximum absolute atomic E-state index is 13.8. The summed E-state index contributed by atoms with van der Waals surface area (Å²) in [5, 5.41) is 10.7. The largest absolute Gasteiger partial charge is 0.377 e. The van der Waals surface area contributed by atoms with Crippen molar-refractivity contribution in [2.24, 2.45) is 7.05 Å². The van der Waals surface area contributed by atoms with E-state index in [0.29, 0.717) is 12.2 Å². The zero-order valence-corrected chi connectivity index (χ0v) is 9.89. The summed E-state index contributed by atoms with van der Waals surface area (Å²) in [7, 11) is 1.78. The third-order valence-electron chi connectivity index (χ3n) is 3.02. The number of hydrogen-bond acceptors (Lipinski definition) is 2. The van der Waals surface area contributed by atoms with Crippen molar-refractivity contribution in [2.45, 2.75) is 18.9 Å². The number of hydrogen-bond donors (Lipinski definition) is 1. The molecule has 90 valence electrons. The fraction of sp³-hybridized carbons (Fsp3) is 0.308. The highest BCUT2D eigenvalue weighted by Crippen LogP contribution is 2.32. The molecule has 0 aliphatic rings. The van der Waals surface area contributed by atoms with Gasteiger partial charge in [-0.25, -0.2) is 9.37 Å². The molecular formula is C13H15FN2O. The van der Waals surface area contributed by atoms with Crippen molar-refractivity contribution in [1.29, 1.82) is 0 Å². The van der Waals surface area contributed by atoms with Crippen LogP contribution in [0.3, 0.4) is 0 Å². The summed E-state index contributed by atoms with van der Waals surface area (Å²) in [5.41, 5.74) is -1.12. The van der Waals surface area contributed by atoms with Crippen LogP contribution in [0.2, 0.25) is 0 Å². The average Bonchev–Trinajstić information content (AvgIpc) is 2.76. The molecule has 0 fully saturated rings. The van der Waals surface area contributed by atoms with Gasteiger partial charge in [-0.05, 0) is 12.5 Å². The molecule has 0 aliphatic carbocycles. The number of imidazole rings is 1. The molecule has 1 aromatic carbocycles.